The van der Waals surface area contributed by atoms with Crippen LogP contribution in [-0.4, -0.2) is 20.2 Å². The Hall–Kier alpha value is -2.73. The minimum atomic E-state index is -0.600. The van der Waals surface area contributed by atoms with Crippen molar-refractivity contribution in [2.24, 2.45) is 0 Å². The maximum Gasteiger partial charge on any atom is 0.344 e. The Bertz CT molecular complexity index is 745. The van der Waals surface area contributed by atoms with E-state index in [1.54, 1.807) is 12.1 Å². The smallest absolute Gasteiger partial charge is 0.344 e. The molecule has 1 atom stereocenters. The van der Waals surface area contributed by atoms with Gasteiger partial charge in [0.2, 0.25) is 0 Å². The zero-order valence-electron chi connectivity index (χ0n) is 13.2. The number of aryl methyl sites for hydroxylation is 1. The molecule has 6 heteroatoms. The highest BCUT2D eigenvalue weighted by Gasteiger charge is 2.35. The zero-order chi connectivity index (χ0) is 16.4. The van der Waals surface area contributed by atoms with Gasteiger partial charge in [0.15, 0.2) is 17.7 Å². The second-order valence-corrected chi connectivity index (χ2v) is 5.13. The van der Waals surface area contributed by atoms with Gasteiger partial charge >= 0.3 is 5.97 Å². The van der Waals surface area contributed by atoms with Crippen molar-refractivity contribution in [3.05, 3.63) is 53.1 Å². The van der Waals surface area contributed by atoms with Crippen molar-refractivity contribution in [1.29, 1.82) is 0 Å². The molecule has 0 fully saturated rings. The number of carbonyl (C=O) groups is 1. The van der Waals surface area contributed by atoms with Gasteiger partial charge in [-0.2, -0.15) is 5.43 Å². The van der Waals surface area contributed by atoms with E-state index >= 15 is 0 Å². The molecule has 23 heavy (non-hydrogen) atoms. The van der Waals surface area contributed by atoms with Gasteiger partial charge in [0.05, 0.1) is 19.9 Å². The summed E-state index contributed by atoms with van der Waals surface area (Å²) in [7, 11) is 3.03. The van der Waals surface area contributed by atoms with Gasteiger partial charge in [-0.25, -0.2) is 4.79 Å². The van der Waals surface area contributed by atoms with E-state index in [4.69, 9.17) is 14.2 Å². The van der Waals surface area contributed by atoms with Gasteiger partial charge in [0.25, 0.3) is 0 Å². The Balaban J connectivity index is 1.86. The van der Waals surface area contributed by atoms with Crippen molar-refractivity contribution in [3.63, 3.8) is 0 Å². The van der Waals surface area contributed by atoms with Crippen LogP contribution in [0.2, 0.25) is 0 Å². The standard InChI is InChI=1S/C17H18N2O4/c1-10-6-4-5-7-12(10)18-19-16-11-8-9-13(21-2)15(22-3)14(11)17(20)23-16/h4-9,16,18-19H,1-3H3/t16-/m1/s1. The summed E-state index contributed by atoms with van der Waals surface area (Å²) < 4.78 is 15.9. The van der Waals surface area contributed by atoms with E-state index in [-0.39, 0.29) is 0 Å². The highest BCUT2D eigenvalue weighted by Crippen LogP contribution is 2.40. The van der Waals surface area contributed by atoms with E-state index in [1.807, 2.05) is 31.2 Å². The molecule has 0 aliphatic carbocycles. The highest BCUT2D eigenvalue weighted by molar-refractivity contribution is 5.98. The molecule has 2 N–H and O–H groups in total. The molecule has 2 aromatic carbocycles. The Morgan fingerprint density at radius 2 is 1.87 bits per heavy atom. The third kappa shape index (κ3) is 2.68. The summed E-state index contributed by atoms with van der Waals surface area (Å²) >= 11 is 0. The number of para-hydroxylation sites is 1. The first kappa shape index (κ1) is 15.2. The monoisotopic (exact) mass is 314 g/mol. The molecule has 6 nitrogen and oxygen atoms in total. The molecule has 0 unspecified atom stereocenters. The first-order chi connectivity index (χ1) is 11.2. The predicted molar refractivity (Wildman–Crippen MR) is 85.6 cm³/mol. The van der Waals surface area contributed by atoms with E-state index in [0.29, 0.717) is 22.6 Å². The van der Waals surface area contributed by atoms with Crippen LogP contribution in [0.1, 0.15) is 27.7 Å². The summed E-state index contributed by atoms with van der Waals surface area (Å²) in [6.45, 7) is 1.99. The van der Waals surface area contributed by atoms with Crippen LogP contribution in [0.15, 0.2) is 36.4 Å². The fourth-order valence-electron chi connectivity index (χ4n) is 2.56. The van der Waals surface area contributed by atoms with Crippen molar-refractivity contribution in [2.45, 2.75) is 13.2 Å². The molecule has 0 saturated carbocycles. The summed E-state index contributed by atoms with van der Waals surface area (Å²) in [5.74, 6) is 0.436. The lowest BCUT2D eigenvalue weighted by Crippen LogP contribution is -2.27. The minimum absolute atomic E-state index is 0.384. The molecule has 0 bridgehead atoms. The number of fused-ring (bicyclic) bond motifs is 1. The lowest BCUT2D eigenvalue weighted by atomic mass is 10.1. The van der Waals surface area contributed by atoms with Crippen molar-refractivity contribution in [1.82, 2.24) is 5.43 Å². The quantitative estimate of drug-likeness (QED) is 0.653. The van der Waals surface area contributed by atoms with Gasteiger partial charge in [0.1, 0.15) is 5.56 Å². The minimum Gasteiger partial charge on any atom is -0.493 e. The number of hydrogen-bond donors (Lipinski definition) is 2. The van der Waals surface area contributed by atoms with Crippen LogP contribution in [0.25, 0.3) is 0 Å². The van der Waals surface area contributed by atoms with E-state index in [9.17, 15) is 4.79 Å². The molecule has 0 aromatic heterocycles. The molecule has 120 valence electrons. The van der Waals surface area contributed by atoms with Gasteiger partial charge in [-0.1, -0.05) is 18.2 Å². The average molecular weight is 314 g/mol. The van der Waals surface area contributed by atoms with E-state index in [0.717, 1.165) is 11.3 Å². The van der Waals surface area contributed by atoms with E-state index < -0.39 is 12.2 Å². The third-order valence-corrected chi connectivity index (χ3v) is 3.77. The van der Waals surface area contributed by atoms with Gasteiger partial charge in [-0.15, -0.1) is 0 Å². The molecular formula is C17H18N2O4. The molecule has 0 saturated heterocycles. The summed E-state index contributed by atoms with van der Waals surface area (Å²) in [6.07, 6.45) is -0.600. The Morgan fingerprint density at radius 3 is 2.57 bits per heavy atom. The van der Waals surface area contributed by atoms with Crippen LogP contribution in [0.4, 0.5) is 5.69 Å². The third-order valence-electron chi connectivity index (χ3n) is 3.77. The average Bonchev–Trinajstić information content (AvgIpc) is 2.89. The van der Waals surface area contributed by atoms with Gasteiger partial charge in [0, 0.05) is 5.56 Å². The fourth-order valence-corrected chi connectivity index (χ4v) is 2.56. The lowest BCUT2D eigenvalue weighted by Gasteiger charge is -2.16. The van der Waals surface area contributed by atoms with Crippen LogP contribution in [-0.2, 0) is 4.74 Å². The summed E-state index contributed by atoms with van der Waals surface area (Å²) in [5.41, 5.74) is 9.19. The normalized spacial score (nSPS) is 15.8. The van der Waals surface area contributed by atoms with Crippen molar-refractivity contribution in [3.8, 4) is 11.5 Å². The number of ether oxygens (including phenoxy) is 3. The molecule has 1 aliphatic rings. The summed E-state index contributed by atoms with van der Waals surface area (Å²) in [4.78, 5) is 12.2. The van der Waals surface area contributed by atoms with Gasteiger partial charge in [-0.3, -0.25) is 0 Å². The molecule has 1 heterocycles. The first-order valence-corrected chi connectivity index (χ1v) is 7.18. The summed E-state index contributed by atoms with van der Waals surface area (Å²) in [6, 6.07) is 11.4. The maximum atomic E-state index is 12.2. The van der Waals surface area contributed by atoms with E-state index in [2.05, 4.69) is 10.9 Å². The maximum absolute atomic E-state index is 12.2. The van der Waals surface area contributed by atoms with Crippen LogP contribution in [0.3, 0.4) is 0 Å². The van der Waals surface area contributed by atoms with Crippen LogP contribution in [0, 0.1) is 6.92 Å². The van der Waals surface area contributed by atoms with Gasteiger partial charge < -0.3 is 19.6 Å². The Labute approximate surface area is 134 Å². The number of esters is 1. The number of nitrogens with one attached hydrogen (secondary N) is 2. The number of hydrogen-bond acceptors (Lipinski definition) is 6. The van der Waals surface area contributed by atoms with Crippen LogP contribution >= 0.6 is 0 Å². The molecule has 0 spiro atoms. The van der Waals surface area contributed by atoms with E-state index in [1.165, 1.54) is 14.2 Å². The number of benzene rings is 2. The number of rotatable bonds is 5. The number of hydrazine groups is 1. The van der Waals surface area contributed by atoms with Crippen LogP contribution in [0.5, 0.6) is 11.5 Å². The number of methoxy groups -OCH3 is 2. The Morgan fingerprint density at radius 1 is 1.09 bits per heavy atom. The van der Waals surface area contributed by atoms with Crippen molar-refractivity contribution in [2.75, 3.05) is 19.6 Å². The topological polar surface area (TPSA) is 68.8 Å². The highest BCUT2D eigenvalue weighted by atomic mass is 16.6. The van der Waals surface area contributed by atoms with Crippen molar-refractivity contribution < 1.29 is 19.0 Å². The molecule has 0 radical (unpaired) electrons. The SMILES string of the molecule is COc1ccc2c(c1OC)C(=O)O[C@H]2NNc1ccccc1C. The summed E-state index contributed by atoms with van der Waals surface area (Å²) in [5, 5.41) is 0. The second kappa shape index (κ2) is 6.18. The number of cyclic esters (lactones) is 1. The van der Waals surface area contributed by atoms with Crippen LogP contribution < -0.4 is 20.3 Å². The molecule has 2 aromatic rings. The molecule has 0 amide bonds. The first-order valence-electron chi connectivity index (χ1n) is 7.18. The fraction of sp³-hybridized carbons (Fsp3) is 0.235. The number of carbonyl (C=O) groups excluding carboxylic acids is 1. The number of anilines is 1. The van der Waals surface area contributed by atoms with Gasteiger partial charge in [-0.05, 0) is 30.7 Å². The predicted octanol–water partition coefficient (Wildman–Crippen LogP) is 2.80. The molecule has 1 aliphatic heterocycles. The van der Waals surface area contributed by atoms with Crippen molar-refractivity contribution >= 4 is 11.7 Å². The largest absolute Gasteiger partial charge is 0.493 e. The molecule has 3 rings (SSSR count). The second-order valence-electron chi connectivity index (χ2n) is 5.13. The zero-order valence-corrected chi connectivity index (χ0v) is 13.2. The Kier molecular flexibility index (Phi) is 4.08. The molecular weight excluding hydrogens is 296 g/mol. The lowest BCUT2D eigenvalue weighted by molar-refractivity contribution is 0.0326.